The van der Waals surface area contributed by atoms with Crippen molar-refractivity contribution in [2.45, 2.75) is 19.8 Å². The number of pyridine rings is 1. The number of fused-ring (bicyclic) bond motifs is 1. The van der Waals surface area contributed by atoms with Crippen LogP contribution in [0.3, 0.4) is 0 Å². The second kappa shape index (κ2) is 8.28. The van der Waals surface area contributed by atoms with E-state index in [4.69, 9.17) is 9.08 Å². The van der Waals surface area contributed by atoms with Crippen molar-refractivity contribution in [3.63, 3.8) is 0 Å². The molecular weight excluding hydrogens is 422 g/mol. The second-order valence-corrected chi connectivity index (χ2v) is 8.53. The number of amides is 1. The van der Waals surface area contributed by atoms with Crippen molar-refractivity contribution in [1.29, 1.82) is 0 Å². The highest BCUT2D eigenvalue weighted by molar-refractivity contribution is 7.85. The standard InChI is InChI=1S/C20H19N5O5S/c1-13-7-8-14(19-23-18(30-24-19)6-4-10-31(27,28)29)11-15(13)22-20(26)16-12-21-17-5-2-3-9-25(16)17/h2-3,5,7-9,11-12H,4,6,10H2,1H3,(H,22,26)(H,27,28,29). The van der Waals surface area contributed by atoms with Crippen molar-refractivity contribution in [1.82, 2.24) is 19.5 Å². The number of aromatic nitrogens is 4. The number of carbonyl (C=O) groups excluding carboxylic acids is 1. The molecule has 0 saturated heterocycles. The van der Waals surface area contributed by atoms with Gasteiger partial charge in [-0.15, -0.1) is 0 Å². The van der Waals surface area contributed by atoms with Crippen LogP contribution in [0, 0.1) is 6.92 Å². The number of hydrogen-bond donors (Lipinski definition) is 2. The molecule has 31 heavy (non-hydrogen) atoms. The fraction of sp³-hybridized carbons (Fsp3) is 0.200. The number of hydrogen-bond acceptors (Lipinski definition) is 7. The lowest BCUT2D eigenvalue weighted by Crippen LogP contribution is -2.15. The Hall–Kier alpha value is -3.57. The van der Waals surface area contributed by atoms with Crippen LogP contribution in [0.1, 0.15) is 28.4 Å². The molecule has 0 aliphatic carbocycles. The molecule has 4 rings (SSSR count). The van der Waals surface area contributed by atoms with E-state index in [0.717, 1.165) is 5.56 Å². The highest BCUT2D eigenvalue weighted by Gasteiger charge is 2.15. The number of anilines is 1. The Bertz CT molecular complexity index is 1360. The van der Waals surface area contributed by atoms with Crippen LogP contribution in [0.2, 0.25) is 0 Å². The molecule has 0 aliphatic rings. The van der Waals surface area contributed by atoms with E-state index < -0.39 is 10.1 Å². The van der Waals surface area contributed by atoms with E-state index in [1.54, 1.807) is 22.7 Å². The van der Waals surface area contributed by atoms with Gasteiger partial charge in [-0.2, -0.15) is 13.4 Å². The van der Waals surface area contributed by atoms with Crippen LogP contribution < -0.4 is 5.32 Å². The lowest BCUT2D eigenvalue weighted by molar-refractivity contribution is 0.102. The summed E-state index contributed by atoms with van der Waals surface area (Å²) < 4.78 is 37.3. The quantitative estimate of drug-likeness (QED) is 0.417. The highest BCUT2D eigenvalue weighted by atomic mass is 32.2. The van der Waals surface area contributed by atoms with Gasteiger partial charge in [0.15, 0.2) is 0 Å². The molecular formula is C20H19N5O5S. The maximum Gasteiger partial charge on any atom is 0.274 e. The van der Waals surface area contributed by atoms with Crippen molar-refractivity contribution >= 4 is 27.4 Å². The van der Waals surface area contributed by atoms with Crippen LogP contribution in [0.15, 0.2) is 53.3 Å². The fourth-order valence-electron chi connectivity index (χ4n) is 3.06. The third-order valence-corrected chi connectivity index (χ3v) is 5.46. The van der Waals surface area contributed by atoms with Gasteiger partial charge in [0.1, 0.15) is 11.3 Å². The van der Waals surface area contributed by atoms with Gasteiger partial charge in [0, 0.05) is 23.9 Å². The van der Waals surface area contributed by atoms with Gasteiger partial charge in [0.2, 0.25) is 11.7 Å². The normalized spacial score (nSPS) is 11.7. The predicted octanol–water partition coefficient (Wildman–Crippen LogP) is 2.77. The predicted molar refractivity (Wildman–Crippen MR) is 112 cm³/mol. The van der Waals surface area contributed by atoms with Gasteiger partial charge in [-0.25, -0.2) is 4.98 Å². The fourth-order valence-corrected chi connectivity index (χ4v) is 3.57. The molecule has 0 spiro atoms. The molecule has 3 heterocycles. The summed E-state index contributed by atoms with van der Waals surface area (Å²) in [6.07, 6.45) is 3.66. The van der Waals surface area contributed by atoms with Gasteiger partial charge in [-0.1, -0.05) is 23.4 Å². The molecule has 2 N–H and O–H groups in total. The number of carbonyl (C=O) groups is 1. The lowest BCUT2D eigenvalue weighted by Gasteiger charge is -2.09. The Balaban J connectivity index is 1.52. The van der Waals surface area contributed by atoms with Gasteiger partial charge < -0.3 is 9.84 Å². The molecule has 11 heteroatoms. The van der Waals surface area contributed by atoms with E-state index in [2.05, 4.69) is 20.4 Å². The SMILES string of the molecule is Cc1ccc(-c2noc(CCCS(=O)(=O)O)n2)cc1NC(=O)c1cnc2ccccn12. The van der Waals surface area contributed by atoms with E-state index >= 15 is 0 Å². The number of rotatable bonds is 7. The van der Waals surface area contributed by atoms with Crippen molar-refractivity contribution in [3.05, 3.63) is 65.9 Å². The van der Waals surface area contributed by atoms with Crippen molar-refractivity contribution in [2.24, 2.45) is 0 Å². The largest absolute Gasteiger partial charge is 0.339 e. The Labute approximate surface area is 177 Å². The van der Waals surface area contributed by atoms with Crippen molar-refractivity contribution in [2.75, 3.05) is 11.1 Å². The van der Waals surface area contributed by atoms with Crippen LogP contribution in [-0.4, -0.2) is 44.2 Å². The molecule has 0 unspecified atom stereocenters. The molecule has 160 valence electrons. The second-order valence-electron chi connectivity index (χ2n) is 6.96. The third-order valence-electron chi connectivity index (χ3n) is 4.65. The smallest absolute Gasteiger partial charge is 0.274 e. The molecule has 0 radical (unpaired) electrons. The van der Waals surface area contributed by atoms with E-state index in [9.17, 15) is 13.2 Å². The van der Waals surface area contributed by atoms with Crippen LogP contribution in [0.4, 0.5) is 5.69 Å². The summed E-state index contributed by atoms with van der Waals surface area (Å²) in [6.45, 7) is 1.87. The Morgan fingerprint density at radius 2 is 2.10 bits per heavy atom. The highest BCUT2D eigenvalue weighted by Crippen LogP contribution is 2.24. The average Bonchev–Trinajstić information content (AvgIpc) is 3.36. The van der Waals surface area contributed by atoms with Gasteiger partial charge in [0.05, 0.1) is 11.9 Å². The summed E-state index contributed by atoms with van der Waals surface area (Å²) in [5.74, 6) is -0.116. The van der Waals surface area contributed by atoms with Crippen LogP contribution in [-0.2, 0) is 16.5 Å². The minimum Gasteiger partial charge on any atom is -0.339 e. The molecule has 1 amide bonds. The summed E-state index contributed by atoms with van der Waals surface area (Å²) in [5.41, 5.74) is 3.14. The van der Waals surface area contributed by atoms with Gasteiger partial charge in [-0.05, 0) is 37.1 Å². The third kappa shape index (κ3) is 4.78. The maximum absolute atomic E-state index is 12.8. The number of nitrogens with zero attached hydrogens (tertiary/aromatic N) is 4. The van der Waals surface area contributed by atoms with E-state index in [-0.39, 0.29) is 30.4 Å². The first-order chi connectivity index (χ1) is 14.8. The molecule has 0 fully saturated rings. The van der Waals surface area contributed by atoms with E-state index in [1.165, 1.54) is 6.20 Å². The first-order valence-electron chi connectivity index (χ1n) is 9.42. The minimum atomic E-state index is -4.03. The lowest BCUT2D eigenvalue weighted by atomic mass is 10.1. The van der Waals surface area contributed by atoms with Gasteiger partial charge >= 0.3 is 0 Å². The monoisotopic (exact) mass is 441 g/mol. The molecule has 4 aromatic rings. The molecule has 0 aliphatic heterocycles. The number of benzene rings is 1. The number of aryl methyl sites for hydroxylation is 2. The molecule has 0 bridgehead atoms. The summed E-state index contributed by atoms with van der Waals surface area (Å²) in [5, 5.41) is 6.81. The summed E-state index contributed by atoms with van der Waals surface area (Å²) >= 11 is 0. The van der Waals surface area contributed by atoms with Crippen LogP contribution in [0.25, 0.3) is 17.0 Å². The zero-order valence-electron chi connectivity index (χ0n) is 16.5. The minimum absolute atomic E-state index is 0.162. The summed E-state index contributed by atoms with van der Waals surface area (Å²) in [6, 6.07) is 10.8. The average molecular weight is 441 g/mol. The first-order valence-corrected chi connectivity index (χ1v) is 11.0. The molecule has 0 atom stereocenters. The summed E-state index contributed by atoms with van der Waals surface area (Å²) in [4.78, 5) is 21.3. The number of imidazole rings is 1. The Kier molecular flexibility index (Phi) is 5.53. The molecule has 0 saturated carbocycles. The van der Waals surface area contributed by atoms with E-state index in [1.807, 2.05) is 31.2 Å². The van der Waals surface area contributed by atoms with Crippen molar-refractivity contribution < 1.29 is 22.3 Å². The van der Waals surface area contributed by atoms with Gasteiger partial charge in [-0.3, -0.25) is 13.7 Å². The van der Waals surface area contributed by atoms with Crippen LogP contribution in [0.5, 0.6) is 0 Å². The zero-order valence-corrected chi connectivity index (χ0v) is 17.3. The number of nitrogens with one attached hydrogen (secondary N) is 1. The Morgan fingerprint density at radius 1 is 1.26 bits per heavy atom. The van der Waals surface area contributed by atoms with Crippen LogP contribution >= 0.6 is 0 Å². The zero-order chi connectivity index (χ0) is 22.0. The molecule has 1 aromatic carbocycles. The molecule has 10 nitrogen and oxygen atoms in total. The first kappa shape index (κ1) is 20.7. The van der Waals surface area contributed by atoms with Crippen molar-refractivity contribution in [3.8, 4) is 11.4 Å². The summed E-state index contributed by atoms with van der Waals surface area (Å²) in [7, 11) is -4.03. The topological polar surface area (TPSA) is 140 Å². The van der Waals surface area contributed by atoms with E-state index in [0.29, 0.717) is 28.4 Å². The Morgan fingerprint density at radius 3 is 2.90 bits per heavy atom. The molecule has 3 aromatic heterocycles. The maximum atomic E-state index is 12.8. The van der Waals surface area contributed by atoms with Gasteiger partial charge in [0.25, 0.3) is 16.0 Å².